The van der Waals surface area contributed by atoms with Crippen LogP contribution in [0.2, 0.25) is 15.1 Å². The molecule has 0 aliphatic heterocycles. The Morgan fingerprint density at radius 1 is 0.879 bits per heavy atom. The predicted molar refractivity (Wildman–Crippen MR) is 135 cm³/mol. The molecule has 0 saturated heterocycles. The molecule has 0 fully saturated rings. The largest absolute Gasteiger partial charge is 0.272 e. The number of amides is 1. The van der Waals surface area contributed by atoms with Gasteiger partial charge in [0.2, 0.25) is 0 Å². The molecule has 4 rings (SSSR count). The maximum atomic E-state index is 12.3. The summed E-state index contributed by atoms with van der Waals surface area (Å²) in [7, 11) is 0. The fourth-order valence-electron chi connectivity index (χ4n) is 2.86. The highest BCUT2D eigenvalue weighted by atomic mass is 35.5. The lowest BCUT2D eigenvalue weighted by Crippen LogP contribution is -2.20. The van der Waals surface area contributed by atoms with Gasteiger partial charge in [0, 0.05) is 26.3 Å². The maximum Gasteiger partial charge on any atom is 0.250 e. The van der Waals surface area contributed by atoms with Gasteiger partial charge >= 0.3 is 0 Å². The van der Waals surface area contributed by atoms with Crippen molar-refractivity contribution in [3.05, 3.63) is 93.4 Å². The van der Waals surface area contributed by atoms with Crippen LogP contribution >= 0.6 is 46.6 Å². The predicted octanol–water partition coefficient (Wildman–Crippen LogP) is 6.14. The first kappa shape index (κ1) is 23.3. The van der Waals surface area contributed by atoms with E-state index in [9.17, 15) is 4.79 Å². The zero-order valence-corrected chi connectivity index (χ0v) is 20.0. The summed E-state index contributed by atoms with van der Waals surface area (Å²) in [4.78, 5) is 12.3. The number of carbonyl (C=O) groups excluding carboxylic acids is 1. The monoisotopic (exact) mass is 515 g/mol. The number of halogens is 3. The minimum atomic E-state index is -0.274. The van der Waals surface area contributed by atoms with Crippen molar-refractivity contribution in [3.8, 4) is 17.1 Å². The Bertz CT molecular complexity index is 1270. The molecule has 3 aromatic carbocycles. The highest BCUT2D eigenvalue weighted by Gasteiger charge is 2.17. The van der Waals surface area contributed by atoms with Crippen LogP contribution in [0.5, 0.6) is 0 Å². The van der Waals surface area contributed by atoms with E-state index < -0.39 is 0 Å². The third-order valence-corrected chi connectivity index (χ3v) is 6.11. The van der Waals surface area contributed by atoms with Crippen LogP contribution in [0.1, 0.15) is 5.56 Å². The second-order valence-electron chi connectivity index (χ2n) is 6.76. The first-order valence-electron chi connectivity index (χ1n) is 9.67. The Morgan fingerprint density at radius 2 is 1.45 bits per heavy atom. The third kappa shape index (κ3) is 6.15. The van der Waals surface area contributed by atoms with Crippen LogP contribution in [-0.4, -0.2) is 32.6 Å². The summed E-state index contributed by atoms with van der Waals surface area (Å²) in [6.07, 6.45) is 1.55. The Kier molecular flexibility index (Phi) is 7.67. The molecule has 0 atom stereocenters. The molecule has 0 bridgehead atoms. The van der Waals surface area contributed by atoms with Crippen LogP contribution in [0.3, 0.4) is 0 Å². The SMILES string of the molecule is O=C(CSc1nnc(-c2ccc(Cl)cc2)n1-c1ccc(Cl)cc1)N/N=C\c1ccc(Cl)cc1. The summed E-state index contributed by atoms with van der Waals surface area (Å²) in [5, 5.41) is 15.1. The molecule has 0 spiro atoms. The lowest BCUT2D eigenvalue weighted by molar-refractivity contribution is -0.118. The number of hydrazone groups is 1. The van der Waals surface area contributed by atoms with Crippen LogP contribution in [0, 0.1) is 0 Å². The molecule has 0 aliphatic carbocycles. The van der Waals surface area contributed by atoms with Crippen molar-refractivity contribution in [1.29, 1.82) is 0 Å². The molecule has 1 aromatic heterocycles. The number of benzene rings is 3. The molecule has 0 unspecified atom stereocenters. The van der Waals surface area contributed by atoms with Gasteiger partial charge in [-0.25, -0.2) is 5.43 Å². The zero-order chi connectivity index (χ0) is 23.2. The van der Waals surface area contributed by atoms with Gasteiger partial charge in [-0.15, -0.1) is 10.2 Å². The molecule has 4 aromatic rings. The Hall–Kier alpha value is -2.84. The van der Waals surface area contributed by atoms with Crippen LogP contribution < -0.4 is 5.43 Å². The van der Waals surface area contributed by atoms with Crippen LogP contribution in [0.4, 0.5) is 0 Å². The van der Waals surface area contributed by atoms with Gasteiger partial charge in [-0.05, 0) is 66.2 Å². The normalized spacial score (nSPS) is 11.1. The molecule has 1 N–H and O–H groups in total. The van der Waals surface area contributed by atoms with Crippen LogP contribution in [0.15, 0.2) is 83.1 Å². The molecule has 6 nitrogen and oxygen atoms in total. The van der Waals surface area contributed by atoms with E-state index in [1.807, 2.05) is 28.8 Å². The van der Waals surface area contributed by atoms with Crippen molar-refractivity contribution in [2.75, 3.05) is 5.75 Å². The van der Waals surface area contributed by atoms with E-state index in [0.717, 1.165) is 16.8 Å². The van der Waals surface area contributed by atoms with E-state index in [-0.39, 0.29) is 11.7 Å². The number of nitrogens with zero attached hydrogens (tertiary/aromatic N) is 4. The number of carbonyl (C=O) groups is 1. The zero-order valence-electron chi connectivity index (χ0n) is 17.0. The summed E-state index contributed by atoms with van der Waals surface area (Å²) >= 11 is 19.2. The maximum absolute atomic E-state index is 12.3. The molecule has 0 saturated carbocycles. The van der Waals surface area contributed by atoms with Crippen molar-refractivity contribution < 1.29 is 4.79 Å². The lowest BCUT2D eigenvalue weighted by atomic mass is 10.2. The minimum Gasteiger partial charge on any atom is -0.272 e. The van der Waals surface area contributed by atoms with Gasteiger partial charge in [-0.3, -0.25) is 9.36 Å². The van der Waals surface area contributed by atoms with Gasteiger partial charge in [0.05, 0.1) is 12.0 Å². The molecule has 0 radical (unpaired) electrons. The Balaban J connectivity index is 1.51. The number of nitrogens with one attached hydrogen (secondary N) is 1. The first-order chi connectivity index (χ1) is 16.0. The van der Waals surface area contributed by atoms with E-state index in [4.69, 9.17) is 34.8 Å². The number of thioether (sulfide) groups is 1. The number of rotatable bonds is 7. The van der Waals surface area contributed by atoms with E-state index in [1.54, 1.807) is 54.7 Å². The van der Waals surface area contributed by atoms with Gasteiger partial charge in [0.1, 0.15) is 0 Å². The van der Waals surface area contributed by atoms with Crippen molar-refractivity contribution in [2.24, 2.45) is 5.10 Å². The topological polar surface area (TPSA) is 72.2 Å². The fraction of sp³-hybridized carbons (Fsp3) is 0.0435. The molecule has 1 amide bonds. The Morgan fingerprint density at radius 3 is 2.09 bits per heavy atom. The molecular formula is C23H16Cl3N5OS. The minimum absolute atomic E-state index is 0.101. The average Bonchev–Trinajstić information content (AvgIpc) is 3.24. The number of hydrogen-bond acceptors (Lipinski definition) is 5. The Labute approximate surface area is 209 Å². The highest BCUT2D eigenvalue weighted by molar-refractivity contribution is 7.99. The molecule has 166 valence electrons. The van der Waals surface area contributed by atoms with Gasteiger partial charge in [0.25, 0.3) is 5.91 Å². The fourth-order valence-corrected chi connectivity index (χ4v) is 3.98. The lowest BCUT2D eigenvalue weighted by Gasteiger charge is -2.10. The van der Waals surface area contributed by atoms with E-state index in [1.165, 1.54) is 11.8 Å². The standard InChI is InChI=1S/C23H16Cl3N5OS/c24-17-5-1-15(2-6-17)13-27-28-21(32)14-33-23-30-29-22(16-3-7-18(25)8-4-16)31(23)20-11-9-19(26)10-12-20/h1-13H,14H2,(H,28,32)/b27-13-. The average molecular weight is 517 g/mol. The molecule has 0 aliphatic rings. The van der Waals surface area contributed by atoms with Gasteiger partial charge < -0.3 is 0 Å². The summed E-state index contributed by atoms with van der Waals surface area (Å²) < 4.78 is 1.87. The second-order valence-corrected chi connectivity index (χ2v) is 9.01. The van der Waals surface area contributed by atoms with Crippen LogP contribution in [0.25, 0.3) is 17.1 Å². The van der Waals surface area contributed by atoms with Crippen molar-refractivity contribution >= 4 is 58.7 Å². The number of hydrogen-bond donors (Lipinski definition) is 1. The van der Waals surface area contributed by atoms with Crippen molar-refractivity contribution in [1.82, 2.24) is 20.2 Å². The molecular weight excluding hydrogens is 501 g/mol. The second kappa shape index (κ2) is 10.9. The quantitative estimate of drug-likeness (QED) is 0.182. The smallest absolute Gasteiger partial charge is 0.250 e. The summed E-state index contributed by atoms with van der Waals surface area (Å²) in [5.74, 6) is 0.450. The van der Waals surface area contributed by atoms with Crippen molar-refractivity contribution in [3.63, 3.8) is 0 Å². The van der Waals surface area contributed by atoms with Gasteiger partial charge in [-0.1, -0.05) is 58.7 Å². The highest BCUT2D eigenvalue weighted by Crippen LogP contribution is 2.29. The van der Waals surface area contributed by atoms with E-state index >= 15 is 0 Å². The van der Waals surface area contributed by atoms with Gasteiger partial charge in [0.15, 0.2) is 11.0 Å². The van der Waals surface area contributed by atoms with Crippen LogP contribution in [-0.2, 0) is 4.79 Å². The molecule has 1 heterocycles. The molecule has 10 heteroatoms. The molecule has 33 heavy (non-hydrogen) atoms. The third-order valence-electron chi connectivity index (χ3n) is 4.43. The summed E-state index contributed by atoms with van der Waals surface area (Å²) in [6.45, 7) is 0. The number of aromatic nitrogens is 3. The van der Waals surface area contributed by atoms with Crippen molar-refractivity contribution in [2.45, 2.75) is 5.16 Å². The van der Waals surface area contributed by atoms with E-state index in [0.29, 0.717) is 26.0 Å². The van der Waals surface area contributed by atoms with Gasteiger partial charge in [-0.2, -0.15) is 5.10 Å². The first-order valence-corrected chi connectivity index (χ1v) is 11.8. The summed E-state index contributed by atoms with van der Waals surface area (Å²) in [5.41, 5.74) is 4.99. The van der Waals surface area contributed by atoms with E-state index in [2.05, 4.69) is 20.7 Å². The summed E-state index contributed by atoms with van der Waals surface area (Å²) in [6, 6.07) is 21.7.